The molecular formula is C13H15N3. The smallest absolute Gasteiger partial charge is 0.0359 e. The molecule has 0 fully saturated rings. The summed E-state index contributed by atoms with van der Waals surface area (Å²) in [5.74, 6) is 0. The number of benzene rings is 2. The first-order chi connectivity index (χ1) is 7.70. The van der Waals surface area contributed by atoms with E-state index in [1.807, 2.05) is 42.5 Å². The Morgan fingerprint density at radius 3 is 2.31 bits per heavy atom. The quantitative estimate of drug-likeness (QED) is 0.667. The lowest BCUT2D eigenvalue weighted by atomic mass is 10.0. The molecule has 0 aliphatic rings. The van der Waals surface area contributed by atoms with Crippen LogP contribution < -0.4 is 17.2 Å². The number of nitrogens with two attached hydrogens (primary N) is 3. The molecule has 2 aromatic carbocycles. The van der Waals surface area contributed by atoms with Crippen molar-refractivity contribution in [2.45, 2.75) is 6.54 Å². The summed E-state index contributed by atoms with van der Waals surface area (Å²) in [6.45, 7) is 0.446. The molecule has 0 heterocycles. The maximum atomic E-state index is 5.80. The molecule has 0 aliphatic carbocycles. The molecule has 16 heavy (non-hydrogen) atoms. The van der Waals surface area contributed by atoms with Gasteiger partial charge in [-0.25, -0.2) is 0 Å². The summed E-state index contributed by atoms with van der Waals surface area (Å²) in [7, 11) is 0. The van der Waals surface area contributed by atoms with Crippen molar-refractivity contribution in [3.63, 3.8) is 0 Å². The van der Waals surface area contributed by atoms with Crippen molar-refractivity contribution in [2.24, 2.45) is 5.73 Å². The summed E-state index contributed by atoms with van der Waals surface area (Å²) in [6.07, 6.45) is 0. The third kappa shape index (κ3) is 1.99. The summed E-state index contributed by atoms with van der Waals surface area (Å²) < 4.78 is 0. The van der Waals surface area contributed by atoms with Crippen LogP contribution in [0.1, 0.15) is 5.56 Å². The Morgan fingerprint density at radius 1 is 0.875 bits per heavy atom. The fourth-order valence-electron chi connectivity index (χ4n) is 1.68. The fraction of sp³-hybridized carbons (Fsp3) is 0.0769. The molecule has 2 rings (SSSR count). The minimum Gasteiger partial charge on any atom is -0.399 e. The van der Waals surface area contributed by atoms with E-state index in [0.717, 1.165) is 28.1 Å². The SMILES string of the molecule is NCc1cc(-c2cccc(N)c2)ccc1N. The number of anilines is 2. The molecule has 0 aromatic heterocycles. The van der Waals surface area contributed by atoms with Crippen molar-refractivity contribution in [1.29, 1.82) is 0 Å². The zero-order valence-corrected chi connectivity index (χ0v) is 8.98. The predicted molar refractivity (Wildman–Crippen MR) is 68.6 cm³/mol. The Bertz CT molecular complexity index is 506. The minimum absolute atomic E-state index is 0.446. The van der Waals surface area contributed by atoms with Crippen molar-refractivity contribution in [3.05, 3.63) is 48.0 Å². The number of hydrogen-bond acceptors (Lipinski definition) is 3. The average Bonchev–Trinajstić information content (AvgIpc) is 2.29. The summed E-state index contributed by atoms with van der Waals surface area (Å²) >= 11 is 0. The van der Waals surface area contributed by atoms with Gasteiger partial charge in [0.2, 0.25) is 0 Å². The van der Waals surface area contributed by atoms with Gasteiger partial charge in [-0.2, -0.15) is 0 Å². The van der Waals surface area contributed by atoms with Gasteiger partial charge in [-0.3, -0.25) is 0 Å². The highest BCUT2D eigenvalue weighted by atomic mass is 14.6. The summed E-state index contributed by atoms with van der Waals surface area (Å²) in [6, 6.07) is 13.6. The van der Waals surface area contributed by atoms with E-state index in [-0.39, 0.29) is 0 Å². The minimum atomic E-state index is 0.446. The van der Waals surface area contributed by atoms with E-state index < -0.39 is 0 Å². The van der Waals surface area contributed by atoms with E-state index in [9.17, 15) is 0 Å². The molecule has 0 radical (unpaired) electrons. The molecule has 2 aromatic rings. The average molecular weight is 213 g/mol. The molecule has 3 heteroatoms. The second-order valence-electron chi connectivity index (χ2n) is 3.74. The molecule has 0 saturated carbocycles. The van der Waals surface area contributed by atoms with E-state index in [2.05, 4.69) is 0 Å². The lowest BCUT2D eigenvalue weighted by Crippen LogP contribution is -2.01. The first-order valence-corrected chi connectivity index (χ1v) is 5.15. The Hall–Kier alpha value is -2.00. The van der Waals surface area contributed by atoms with Crippen LogP contribution in [0.3, 0.4) is 0 Å². The molecule has 0 spiro atoms. The van der Waals surface area contributed by atoms with E-state index in [1.165, 1.54) is 0 Å². The van der Waals surface area contributed by atoms with Gasteiger partial charge < -0.3 is 17.2 Å². The first-order valence-electron chi connectivity index (χ1n) is 5.15. The van der Waals surface area contributed by atoms with Gasteiger partial charge in [0.15, 0.2) is 0 Å². The van der Waals surface area contributed by atoms with E-state index in [4.69, 9.17) is 17.2 Å². The Kier molecular flexibility index (Phi) is 2.79. The zero-order chi connectivity index (χ0) is 11.5. The molecule has 0 bridgehead atoms. The van der Waals surface area contributed by atoms with Crippen LogP contribution in [0.4, 0.5) is 11.4 Å². The normalized spacial score (nSPS) is 10.3. The molecular weight excluding hydrogens is 198 g/mol. The number of rotatable bonds is 2. The van der Waals surface area contributed by atoms with Gasteiger partial charge in [0, 0.05) is 17.9 Å². The van der Waals surface area contributed by atoms with Crippen LogP contribution in [-0.2, 0) is 6.54 Å². The van der Waals surface area contributed by atoms with Crippen molar-refractivity contribution in [3.8, 4) is 11.1 Å². The van der Waals surface area contributed by atoms with Gasteiger partial charge in [0.25, 0.3) is 0 Å². The third-order valence-corrected chi connectivity index (χ3v) is 2.58. The van der Waals surface area contributed by atoms with Gasteiger partial charge in [-0.1, -0.05) is 18.2 Å². The van der Waals surface area contributed by atoms with Crippen LogP contribution in [0, 0.1) is 0 Å². The van der Waals surface area contributed by atoms with E-state index in [0.29, 0.717) is 6.54 Å². The molecule has 3 nitrogen and oxygen atoms in total. The van der Waals surface area contributed by atoms with Crippen molar-refractivity contribution in [1.82, 2.24) is 0 Å². The first kappa shape index (κ1) is 10.5. The molecule has 0 saturated heterocycles. The monoisotopic (exact) mass is 213 g/mol. The Labute approximate surface area is 94.9 Å². The van der Waals surface area contributed by atoms with Crippen LogP contribution in [0.25, 0.3) is 11.1 Å². The summed E-state index contributed by atoms with van der Waals surface area (Å²) in [5.41, 5.74) is 21.8. The van der Waals surface area contributed by atoms with Gasteiger partial charge >= 0.3 is 0 Å². The van der Waals surface area contributed by atoms with Crippen molar-refractivity contribution < 1.29 is 0 Å². The maximum absolute atomic E-state index is 5.80. The topological polar surface area (TPSA) is 78.1 Å². The Balaban J connectivity index is 2.48. The standard InChI is InChI=1S/C13H15N3/c14-8-11-6-10(4-5-13(11)16)9-2-1-3-12(15)7-9/h1-7H,8,14-16H2. The van der Waals surface area contributed by atoms with Crippen LogP contribution in [0.15, 0.2) is 42.5 Å². The summed E-state index contributed by atoms with van der Waals surface area (Å²) in [5, 5.41) is 0. The molecule has 6 N–H and O–H groups in total. The molecule has 0 amide bonds. The maximum Gasteiger partial charge on any atom is 0.0359 e. The summed E-state index contributed by atoms with van der Waals surface area (Å²) in [4.78, 5) is 0. The molecule has 82 valence electrons. The highest BCUT2D eigenvalue weighted by Crippen LogP contribution is 2.24. The predicted octanol–water partition coefficient (Wildman–Crippen LogP) is 1.98. The number of hydrogen-bond donors (Lipinski definition) is 3. The van der Waals surface area contributed by atoms with Gasteiger partial charge in [0.1, 0.15) is 0 Å². The molecule has 0 aliphatic heterocycles. The second kappa shape index (κ2) is 4.24. The highest BCUT2D eigenvalue weighted by molar-refractivity contribution is 5.70. The second-order valence-corrected chi connectivity index (χ2v) is 3.74. The zero-order valence-electron chi connectivity index (χ0n) is 8.98. The molecule has 0 atom stereocenters. The van der Waals surface area contributed by atoms with Gasteiger partial charge in [0.05, 0.1) is 0 Å². The van der Waals surface area contributed by atoms with E-state index >= 15 is 0 Å². The van der Waals surface area contributed by atoms with Crippen LogP contribution in [0.5, 0.6) is 0 Å². The van der Waals surface area contributed by atoms with E-state index in [1.54, 1.807) is 0 Å². The number of nitrogen functional groups attached to an aromatic ring is 2. The lowest BCUT2D eigenvalue weighted by Gasteiger charge is -2.07. The van der Waals surface area contributed by atoms with Crippen LogP contribution in [-0.4, -0.2) is 0 Å². The van der Waals surface area contributed by atoms with Gasteiger partial charge in [-0.15, -0.1) is 0 Å². The van der Waals surface area contributed by atoms with Crippen LogP contribution in [0.2, 0.25) is 0 Å². The third-order valence-electron chi connectivity index (χ3n) is 2.58. The van der Waals surface area contributed by atoms with Crippen LogP contribution >= 0.6 is 0 Å². The van der Waals surface area contributed by atoms with Crippen molar-refractivity contribution in [2.75, 3.05) is 11.5 Å². The Morgan fingerprint density at radius 2 is 1.62 bits per heavy atom. The van der Waals surface area contributed by atoms with Crippen molar-refractivity contribution >= 4 is 11.4 Å². The highest BCUT2D eigenvalue weighted by Gasteiger charge is 2.02. The molecule has 0 unspecified atom stereocenters. The lowest BCUT2D eigenvalue weighted by molar-refractivity contribution is 1.08. The largest absolute Gasteiger partial charge is 0.399 e. The van der Waals surface area contributed by atoms with Gasteiger partial charge in [-0.05, 0) is 41.0 Å². The fourth-order valence-corrected chi connectivity index (χ4v) is 1.68.